The van der Waals surface area contributed by atoms with Crippen molar-refractivity contribution < 1.29 is 0 Å². The van der Waals surface area contributed by atoms with Crippen LogP contribution in [0.15, 0.2) is 84.3 Å². The lowest BCUT2D eigenvalue weighted by molar-refractivity contribution is 0.233. The first-order valence-corrected chi connectivity index (χ1v) is 14.8. The minimum atomic E-state index is -0.162. The van der Waals surface area contributed by atoms with E-state index in [4.69, 9.17) is 4.98 Å². The van der Waals surface area contributed by atoms with E-state index in [0.717, 1.165) is 72.8 Å². The number of hydrogen-bond donors (Lipinski definition) is 2. The summed E-state index contributed by atoms with van der Waals surface area (Å²) in [6.07, 6.45) is 2.56. The van der Waals surface area contributed by atoms with Crippen LogP contribution in [0.25, 0.3) is 16.8 Å². The van der Waals surface area contributed by atoms with E-state index in [0.29, 0.717) is 5.82 Å². The first-order valence-electron chi connectivity index (χ1n) is 14.8. The van der Waals surface area contributed by atoms with Gasteiger partial charge in [-0.1, -0.05) is 81.9 Å². The summed E-state index contributed by atoms with van der Waals surface area (Å²) < 4.78 is 1.60. The fourth-order valence-electron chi connectivity index (χ4n) is 5.47. The van der Waals surface area contributed by atoms with Crippen LogP contribution in [0.1, 0.15) is 48.6 Å². The van der Waals surface area contributed by atoms with Gasteiger partial charge in [-0.15, -0.1) is 0 Å². The molecule has 218 valence electrons. The molecule has 0 unspecified atom stereocenters. The Morgan fingerprint density at radius 3 is 2.36 bits per heavy atom. The molecule has 1 aliphatic rings. The van der Waals surface area contributed by atoms with E-state index in [-0.39, 0.29) is 11.0 Å². The van der Waals surface area contributed by atoms with Gasteiger partial charge in [0.1, 0.15) is 0 Å². The van der Waals surface area contributed by atoms with E-state index in [1.165, 1.54) is 16.7 Å². The number of aromatic nitrogens is 2. The van der Waals surface area contributed by atoms with Crippen LogP contribution in [0.4, 0.5) is 11.5 Å². The number of hydrogen-bond acceptors (Lipinski definition) is 5. The highest BCUT2D eigenvalue weighted by Gasteiger charge is 2.16. The van der Waals surface area contributed by atoms with Crippen molar-refractivity contribution in [2.24, 2.45) is 7.05 Å². The average molecular weight is 562 g/mol. The minimum absolute atomic E-state index is 0.121. The van der Waals surface area contributed by atoms with E-state index in [1.54, 1.807) is 11.6 Å². The van der Waals surface area contributed by atoms with Gasteiger partial charge in [-0.05, 0) is 64.3 Å². The van der Waals surface area contributed by atoms with Gasteiger partial charge in [-0.3, -0.25) is 9.69 Å². The van der Waals surface area contributed by atoms with Crippen LogP contribution in [-0.4, -0.2) is 40.6 Å². The van der Waals surface area contributed by atoms with E-state index < -0.39 is 0 Å². The molecule has 3 aromatic carbocycles. The second kappa shape index (κ2) is 12.5. The summed E-state index contributed by atoms with van der Waals surface area (Å²) in [5.41, 5.74) is 9.71. The minimum Gasteiger partial charge on any atom is -0.336 e. The number of nitrogens with one attached hydrogen (secondary N) is 2. The summed E-state index contributed by atoms with van der Waals surface area (Å²) in [6, 6.07) is 23.3. The van der Waals surface area contributed by atoms with Crippen LogP contribution < -0.4 is 16.2 Å². The molecule has 2 N–H and O–H groups in total. The zero-order valence-corrected chi connectivity index (χ0v) is 25.6. The van der Waals surface area contributed by atoms with E-state index in [2.05, 4.69) is 104 Å². The Hall–Kier alpha value is -4.00. The normalized spacial score (nSPS) is 14.1. The van der Waals surface area contributed by atoms with Crippen LogP contribution in [0, 0.1) is 6.92 Å². The SMILES string of the molecule is C=C(Cc1cccc(-c2cn(C)c(=O)c(Nc3ccc(CN4CCNCC4)cc3)n2)c1C)c1ccc(C(C)(C)C)cc1. The predicted molar refractivity (Wildman–Crippen MR) is 175 cm³/mol. The molecule has 42 heavy (non-hydrogen) atoms. The molecule has 1 saturated heterocycles. The smallest absolute Gasteiger partial charge is 0.293 e. The van der Waals surface area contributed by atoms with Crippen molar-refractivity contribution in [1.82, 2.24) is 19.8 Å². The van der Waals surface area contributed by atoms with Gasteiger partial charge in [-0.25, -0.2) is 4.98 Å². The molecule has 0 bridgehead atoms. The number of rotatable bonds is 8. The highest BCUT2D eigenvalue weighted by molar-refractivity contribution is 5.71. The zero-order chi connectivity index (χ0) is 29.9. The van der Waals surface area contributed by atoms with Crippen molar-refractivity contribution in [3.05, 3.63) is 118 Å². The number of anilines is 2. The molecule has 6 nitrogen and oxygen atoms in total. The Balaban J connectivity index is 1.34. The Bertz CT molecular complexity index is 1610. The summed E-state index contributed by atoms with van der Waals surface area (Å²) in [6.45, 7) is 18.3. The maximum atomic E-state index is 13.0. The van der Waals surface area contributed by atoms with Gasteiger partial charge in [0.25, 0.3) is 5.56 Å². The Morgan fingerprint density at radius 2 is 1.69 bits per heavy atom. The van der Waals surface area contributed by atoms with E-state index >= 15 is 0 Å². The molecular weight excluding hydrogens is 518 g/mol. The van der Waals surface area contributed by atoms with Crippen molar-refractivity contribution in [1.29, 1.82) is 0 Å². The van der Waals surface area contributed by atoms with Crippen LogP contribution in [0.2, 0.25) is 0 Å². The van der Waals surface area contributed by atoms with Crippen LogP contribution >= 0.6 is 0 Å². The van der Waals surface area contributed by atoms with Gasteiger partial charge in [0, 0.05) is 57.2 Å². The average Bonchev–Trinajstić information content (AvgIpc) is 2.97. The monoisotopic (exact) mass is 561 g/mol. The van der Waals surface area contributed by atoms with Gasteiger partial charge < -0.3 is 15.2 Å². The fourth-order valence-corrected chi connectivity index (χ4v) is 5.47. The van der Waals surface area contributed by atoms with Crippen LogP contribution in [-0.2, 0) is 25.4 Å². The predicted octanol–water partition coefficient (Wildman–Crippen LogP) is 6.46. The Labute approximate surface area is 250 Å². The first-order chi connectivity index (χ1) is 20.1. The molecule has 0 aliphatic carbocycles. The van der Waals surface area contributed by atoms with Gasteiger partial charge >= 0.3 is 0 Å². The van der Waals surface area contributed by atoms with Crippen LogP contribution in [0.3, 0.4) is 0 Å². The molecule has 0 radical (unpaired) electrons. The van der Waals surface area contributed by atoms with Gasteiger partial charge in [-0.2, -0.15) is 0 Å². The second-order valence-electron chi connectivity index (χ2n) is 12.4. The Kier molecular flexibility index (Phi) is 8.76. The second-order valence-corrected chi connectivity index (χ2v) is 12.4. The maximum Gasteiger partial charge on any atom is 0.293 e. The van der Waals surface area contributed by atoms with Crippen molar-refractivity contribution in [2.75, 3.05) is 31.5 Å². The lowest BCUT2D eigenvalue weighted by atomic mass is 9.85. The number of benzene rings is 3. The number of nitrogens with zero attached hydrogens (tertiary/aromatic N) is 3. The lowest BCUT2D eigenvalue weighted by Crippen LogP contribution is -2.42. The zero-order valence-electron chi connectivity index (χ0n) is 25.6. The summed E-state index contributed by atoms with van der Waals surface area (Å²) in [5, 5.41) is 6.67. The van der Waals surface area contributed by atoms with E-state index in [9.17, 15) is 4.79 Å². The van der Waals surface area contributed by atoms with E-state index in [1.807, 2.05) is 18.3 Å². The topological polar surface area (TPSA) is 62.2 Å². The maximum absolute atomic E-state index is 13.0. The Morgan fingerprint density at radius 1 is 1.00 bits per heavy atom. The fraction of sp³-hybridized carbons (Fsp3) is 0.333. The molecule has 4 aromatic rings. The third-order valence-electron chi connectivity index (χ3n) is 8.19. The molecule has 1 aromatic heterocycles. The molecule has 6 heteroatoms. The molecule has 1 aliphatic heterocycles. The summed E-state index contributed by atoms with van der Waals surface area (Å²) in [4.78, 5) is 20.3. The summed E-state index contributed by atoms with van der Waals surface area (Å²) in [7, 11) is 1.78. The third kappa shape index (κ3) is 6.89. The molecule has 2 heterocycles. The summed E-state index contributed by atoms with van der Waals surface area (Å²) >= 11 is 0. The number of allylic oxidation sites excluding steroid dienone is 1. The molecule has 1 fully saturated rings. The standard InChI is InChI=1S/C36H43N5O/c1-25(28-12-14-30(15-13-28)36(3,4)5)22-29-8-7-9-32(26(29)2)33-24-40(6)35(42)34(39-33)38-31-16-10-27(11-17-31)23-41-20-18-37-19-21-41/h7-17,24,37H,1,18-23H2,2-6H3,(H,38,39). The third-order valence-corrected chi connectivity index (χ3v) is 8.19. The van der Waals surface area contributed by atoms with Gasteiger partial charge in [0.2, 0.25) is 0 Å². The number of piperazine rings is 1. The quantitative estimate of drug-likeness (QED) is 0.259. The molecule has 0 amide bonds. The largest absolute Gasteiger partial charge is 0.336 e. The molecule has 0 atom stereocenters. The van der Waals surface area contributed by atoms with Crippen molar-refractivity contribution >= 4 is 17.1 Å². The first kappa shape index (κ1) is 29.5. The molecular formula is C36H43N5O. The van der Waals surface area contributed by atoms with Crippen molar-refractivity contribution in [2.45, 2.75) is 46.1 Å². The summed E-state index contributed by atoms with van der Waals surface area (Å²) in [5.74, 6) is 0.318. The molecule has 0 saturated carbocycles. The lowest BCUT2D eigenvalue weighted by Gasteiger charge is -2.27. The molecule has 0 spiro atoms. The van der Waals surface area contributed by atoms with Crippen LogP contribution in [0.5, 0.6) is 0 Å². The highest BCUT2D eigenvalue weighted by Crippen LogP contribution is 2.29. The van der Waals surface area contributed by atoms with Crippen molar-refractivity contribution in [3.8, 4) is 11.3 Å². The number of aryl methyl sites for hydroxylation is 1. The molecule has 5 rings (SSSR count). The highest BCUT2D eigenvalue weighted by atomic mass is 16.1. The van der Waals surface area contributed by atoms with Gasteiger partial charge in [0.15, 0.2) is 5.82 Å². The van der Waals surface area contributed by atoms with Crippen molar-refractivity contribution in [3.63, 3.8) is 0 Å². The van der Waals surface area contributed by atoms with Gasteiger partial charge in [0.05, 0.1) is 5.69 Å².